The van der Waals surface area contributed by atoms with Crippen molar-refractivity contribution in [3.8, 4) is 17.2 Å². The maximum atomic E-state index is 13.1. The Morgan fingerprint density at radius 1 is 1.14 bits per heavy atom. The van der Waals surface area contributed by atoms with Gasteiger partial charge in [-0.1, -0.05) is 6.07 Å². The predicted molar refractivity (Wildman–Crippen MR) is 128 cm³/mol. The highest BCUT2D eigenvalue weighted by atomic mass is 19.1. The number of aromatic nitrogens is 2. The van der Waals surface area contributed by atoms with Crippen LogP contribution in [-0.4, -0.2) is 72.0 Å². The molecule has 1 aliphatic heterocycles. The highest BCUT2D eigenvalue weighted by Gasteiger charge is 2.33. The SMILES string of the molecule is COc1cc(CN2CCOC[C@](O)(COc3ccc(F)cc3)C2)ccc1OCCn1cc(C)cn1. The number of hydrogen-bond donors (Lipinski definition) is 1. The van der Waals surface area contributed by atoms with Crippen molar-refractivity contribution < 1.29 is 28.4 Å². The number of aryl methyl sites for hydroxylation is 1. The van der Waals surface area contributed by atoms with Crippen LogP contribution in [-0.2, 0) is 17.8 Å². The van der Waals surface area contributed by atoms with E-state index in [0.717, 1.165) is 11.1 Å². The van der Waals surface area contributed by atoms with E-state index >= 15 is 0 Å². The summed E-state index contributed by atoms with van der Waals surface area (Å²) in [6, 6.07) is 11.6. The highest BCUT2D eigenvalue weighted by Crippen LogP contribution is 2.29. The van der Waals surface area contributed by atoms with Crippen molar-refractivity contribution in [3.05, 3.63) is 71.8 Å². The molecule has 0 radical (unpaired) electrons. The van der Waals surface area contributed by atoms with E-state index in [-0.39, 0.29) is 19.0 Å². The summed E-state index contributed by atoms with van der Waals surface area (Å²) in [7, 11) is 1.62. The van der Waals surface area contributed by atoms with Crippen LogP contribution in [0.5, 0.6) is 17.2 Å². The molecule has 1 saturated heterocycles. The summed E-state index contributed by atoms with van der Waals surface area (Å²) in [5, 5.41) is 15.4. The molecule has 0 aliphatic carbocycles. The largest absolute Gasteiger partial charge is 0.493 e. The number of ether oxygens (including phenoxy) is 4. The van der Waals surface area contributed by atoms with Crippen LogP contribution >= 0.6 is 0 Å². The Labute approximate surface area is 204 Å². The molecule has 0 spiro atoms. The van der Waals surface area contributed by atoms with Crippen LogP contribution in [0.1, 0.15) is 11.1 Å². The van der Waals surface area contributed by atoms with E-state index in [0.29, 0.717) is 56.6 Å². The smallest absolute Gasteiger partial charge is 0.161 e. The van der Waals surface area contributed by atoms with Gasteiger partial charge in [0, 0.05) is 25.8 Å². The average molecular weight is 486 g/mol. The van der Waals surface area contributed by atoms with Gasteiger partial charge in [-0.05, 0) is 54.4 Å². The van der Waals surface area contributed by atoms with Gasteiger partial charge in [-0.3, -0.25) is 9.58 Å². The normalized spacial score (nSPS) is 18.7. The second-order valence-electron chi connectivity index (χ2n) is 8.84. The molecule has 1 aromatic heterocycles. The number of methoxy groups -OCH3 is 1. The van der Waals surface area contributed by atoms with Crippen LogP contribution < -0.4 is 14.2 Å². The predicted octanol–water partition coefficient (Wildman–Crippen LogP) is 3.06. The number of halogens is 1. The summed E-state index contributed by atoms with van der Waals surface area (Å²) >= 11 is 0. The topological polar surface area (TPSA) is 78.2 Å². The van der Waals surface area contributed by atoms with Gasteiger partial charge in [-0.2, -0.15) is 5.10 Å². The van der Waals surface area contributed by atoms with Crippen molar-refractivity contribution in [1.82, 2.24) is 14.7 Å². The third-order valence-electron chi connectivity index (χ3n) is 5.74. The second-order valence-corrected chi connectivity index (χ2v) is 8.84. The maximum Gasteiger partial charge on any atom is 0.161 e. The van der Waals surface area contributed by atoms with E-state index in [1.807, 2.05) is 42.2 Å². The molecule has 8 nitrogen and oxygen atoms in total. The Hall–Kier alpha value is -3.14. The monoisotopic (exact) mass is 485 g/mol. The summed E-state index contributed by atoms with van der Waals surface area (Å²) in [5.41, 5.74) is 0.948. The van der Waals surface area contributed by atoms with Crippen LogP contribution in [0.4, 0.5) is 4.39 Å². The molecule has 0 bridgehead atoms. The van der Waals surface area contributed by atoms with Gasteiger partial charge >= 0.3 is 0 Å². The molecule has 9 heteroatoms. The first-order valence-electron chi connectivity index (χ1n) is 11.6. The molecule has 0 unspecified atom stereocenters. The van der Waals surface area contributed by atoms with Gasteiger partial charge in [0.2, 0.25) is 0 Å². The zero-order chi connectivity index (χ0) is 24.7. The molecule has 0 amide bonds. The summed E-state index contributed by atoms with van der Waals surface area (Å²) < 4.78 is 37.8. The molecular weight excluding hydrogens is 453 g/mol. The lowest BCUT2D eigenvalue weighted by Crippen LogP contribution is -2.48. The number of benzene rings is 2. The number of aliphatic hydroxyl groups is 1. The number of nitrogens with zero attached hydrogens (tertiary/aromatic N) is 3. The lowest BCUT2D eigenvalue weighted by molar-refractivity contribution is -0.0646. The molecule has 4 rings (SSSR count). The van der Waals surface area contributed by atoms with E-state index in [2.05, 4.69) is 10.00 Å². The molecular formula is C26H32FN3O5. The fraction of sp³-hybridized carbons (Fsp3) is 0.423. The van der Waals surface area contributed by atoms with Gasteiger partial charge in [-0.25, -0.2) is 4.39 Å². The average Bonchev–Trinajstić information content (AvgIpc) is 3.17. The third-order valence-corrected chi connectivity index (χ3v) is 5.74. The first-order valence-corrected chi connectivity index (χ1v) is 11.6. The van der Waals surface area contributed by atoms with E-state index in [1.54, 1.807) is 19.2 Å². The van der Waals surface area contributed by atoms with Gasteiger partial charge in [0.05, 0.1) is 33.1 Å². The zero-order valence-electron chi connectivity index (χ0n) is 20.2. The minimum absolute atomic E-state index is 0.0427. The van der Waals surface area contributed by atoms with Crippen molar-refractivity contribution in [1.29, 1.82) is 0 Å². The molecule has 188 valence electrons. The molecule has 3 aromatic rings. The Balaban J connectivity index is 1.34. The lowest BCUT2D eigenvalue weighted by Gasteiger charge is -2.30. The van der Waals surface area contributed by atoms with Crippen LogP contribution in [0, 0.1) is 12.7 Å². The minimum Gasteiger partial charge on any atom is -0.493 e. The molecule has 1 N–H and O–H groups in total. The Kier molecular flexibility index (Phi) is 8.22. The Bertz CT molecular complexity index is 1090. The number of rotatable bonds is 10. The fourth-order valence-electron chi connectivity index (χ4n) is 3.99. The molecule has 1 atom stereocenters. The summed E-state index contributed by atoms with van der Waals surface area (Å²) in [5.74, 6) is 1.49. The van der Waals surface area contributed by atoms with Crippen LogP contribution in [0.15, 0.2) is 54.9 Å². The van der Waals surface area contributed by atoms with Crippen molar-refractivity contribution in [2.75, 3.05) is 46.6 Å². The number of hydrogen-bond acceptors (Lipinski definition) is 7. The Morgan fingerprint density at radius 2 is 1.97 bits per heavy atom. The fourth-order valence-corrected chi connectivity index (χ4v) is 3.99. The minimum atomic E-state index is -1.19. The van der Waals surface area contributed by atoms with Gasteiger partial charge in [0.1, 0.15) is 30.4 Å². The van der Waals surface area contributed by atoms with Gasteiger partial charge in [0.25, 0.3) is 0 Å². The standard InChI is InChI=1S/C26H32FN3O5/c1-20-14-28-30(15-20)10-12-34-24-8-3-21(13-25(24)32-2)16-29-9-11-33-18-26(31,17-29)19-35-23-6-4-22(27)5-7-23/h3-8,13-15,31H,9-12,16-19H2,1-2H3/t26-/m0/s1. The quantitative estimate of drug-likeness (QED) is 0.473. The van der Waals surface area contributed by atoms with E-state index < -0.39 is 5.60 Å². The second kappa shape index (κ2) is 11.5. The van der Waals surface area contributed by atoms with Crippen molar-refractivity contribution >= 4 is 0 Å². The van der Waals surface area contributed by atoms with Crippen molar-refractivity contribution in [2.45, 2.75) is 25.6 Å². The Morgan fingerprint density at radius 3 is 2.71 bits per heavy atom. The molecule has 35 heavy (non-hydrogen) atoms. The molecule has 1 aliphatic rings. The zero-order valence-corrected chi connectivity index (χ0v) is 20.2. The number of β-amino-alcohol motifs (C(OH)–C–C–N with tert-alkyl or cyclic N) is 1. The van der Waals surface area contributed by atoms with Crippen LogP contribution in [0.2, 0.25) is 0 Å². The third kappa shape index (κ3) is 7.17. The summed E-state index contributed by atoms with van der Waals surface area (Å²) in [6.45, 7) is 5.47. The van der Waals surface area contributed by atoms with Gasteiger partial charge in [0.15, 0.2) is 11.5 Å². The van der Waals surface area contributed by atoms with Gasteiger partial charge in [-0.15, -0.1) is 0 Å². The summed E-state index contributed by atoms with van der Waals surface area (Å²) in [4.78, 5) is 2.12. The van der Waals surface area contributed by atoms with Crippen molar-refractivity contribution in [3.63, 3.8) is 0 Å². The van der Waals surface area contributed by atoms with Crippen LogP contribution in [0.25, 0.3) is 0 Å². The molecule has 2 heterocycles. The van der Waals surface area contributed by atoms with Crippen molar-refractivity contribution in [2.24, 2.45) is 0 Å². The van der Waals surface area contributed by atoms with Gasteiger partial charge < -0.3 is 24.1 Å². The summed E-state index contributed by atoms with van der Waals surface area (Å²) in [6.07, 6.45) is 3.79. The molecule has 2 aromatic carbocycles. The van der Waals surface area contributed by atoms with Crippen LogP contribution in [0.3, 0.4) is 0 Å². The molecule has 0 saturated carbocycles. The maximum absolute atomic E-state index is 13.1. The lowest BCUT2D eigenvalue weighted by atomic mass is 10.1. The first-order chi connectivity index (χ1) is 16.9. The molecule has 1 fully saturated rings. The van der Waals surface area contributed by atoms with E-state index in [4.69, 9.17) is 18.9 Å². The first kappa shape index (κ1) is 25.0. The highest BCUT2D eigenvalue weighted by molar-refractivity contribution is 5.43. The van der Waals surface area contributed by atoms with E-state index in [1.165, 1.54) is 12.1 Å². The van der Waals surface area contributed by atoms with E-state index in [9.17, 15) is 9.50 Å².